The number of nitrogens with two attached hydrogens (primary N) is 3. The Morgan fingerprint density at radius 2 is 0.824 bits per heavy atom. The highest BCUT2D eigenvalue weighted by Gasteiger charge is 2.48. The Kier molecular flexibility index (Phi) is 24.5. The number of benzene rings is 9. The maximum Gasteiger partial charge on any atom is 0.425 e. The fourth-order valence-corrected chi connectivity index (χ4v) is 16.6. The van der Waals surface area contributed by atoms with Gasteiger partial charge in [-0.15, -0.1) is 12.6 Å². The van der Waals surface area contributed by atoms with Crippen molar-refractivity contribution < 1.29 is 45.3 Å². The van der Waals surface area contributed by atoms with Crippen LogP contribution in [-0.2, 0) is 41.9 Å². The Balaban J connectivity index is 0.000000211. The number of anilines is 2. The van der Waals surface area contributed by atoms with Crippen LogP contribution in [0.4, 0.5) is 27.1 Å². The highest BCUT2D eigenvalue weighted by molar-refractivity contribution is 7.59. The Morgan fingerprint density at radius 3 is 1.22 bits per heavy atom. The Hall–Kier alpha value is -11.0. The summed E-state index contributed by atoms with van der Waals surface area (Å²) in [5.41, 5.74) is 31.9. The lowest BCUT2D eigenvalue weighted by molar-refractivity contribution is -0.438. The lowest BCUT2D eigenvalue weighted by atomic mass is 9.79. The van der Waals surface area contributed by atoms with Gasteiger partial charge in [0, 0.05) is 132 Å². The van der Waals surface area contributed by atoms with Crippen molar-refractivity contribution in [3.8, 4) is 0 Å². The number of nitrogens with zero attached hydrogens (tertiary/aromatic N) is 4. The molecule has 4 aliphatic rings. The molecule has 108 heavy (non-hydrogen) atoms. The molecule has 556 valence electrons. The van der Waals surface area contributed by atoms with Crippen molar-refractivity contribution in [1.82, 2.24) is 5.32 Å². The quantitative estimate of drug-likeness (QED) is 0.0174. The first-order chi connectivity index (χ1) is 51.8. The number of hydrogen-bond donors (Lipinski definition) is 4. The molecular weight excluding hydrogens is 1370 g/mol. The number of carbonyl (C=O) groups is 4. The first-order valence-corrected chi connectivity index (χ1v) is 38.4. The maximum absolute atomic E-state index is 12.9. The number of allylic oxidation sites excluding steroid dienone is 12. The van der Waals surface area contributed by atoms with E-state index in [1.54, 1.807) is 24.3 Å². The van der Waals surface area contributed by atoms with Crippen LogP contribution >= 0.6 is 0 Å². The summed E-state index contributed by atoms with van der Waals surface area (Å²) >= 11 is 0. The number of rotatable bonds is 26. The second-order valence-electron chi connectivity index (χ2n) is 30.1. The predicted molar refractivity (Wildman–Crippen MR) is 438 cm³/mol. The van der Waals surface area contributed by atoms with Gasteiger partial charge in [-0.3, -0.25) is 23.6 Å². The van der Waals surface area contributed by atoms with E-state index in [-0.39, 0.29) is 64.4 Å². The van der Waals surface area contributed by atoms with Gasteiger partial charge in [-0.1, -0.05) is 185 Å². The molecule has 3 amide bonds. The number of nitrogens with one attached hydrogen (secondary N) is 1. The largest absolute Gasteiger partial charge is 0.425 e. The minimum Gasteiger partial charge on any atom is -0.370 e. The van der Waals surface area contributed by atoms with Gasteiger partial charge in [-0.05, 0) is 156 Å². The number of ketones is 1. The zero-order chi connectivity index (χ0) is 77.1. The summed E-state index contributed by atoms with van der Waals surface area (Å²) in [4.78, 5) is 53.4. The SMILES string of the molecule is CC1(C)C(/C=C/C=C/C=C2/N(CCC(N)=O)c3ccc4ccccc4c3C2(C)C)=[N+](CCCCN)c2ccc3ccccc3c21.CC1(C)C(/C=C/C=C/C=C2/N(CCC(N)=O)c3ccc4ccccc4c3C2(C)C)=[N+](CCCCNC(=O)c2ccc(C(=O)CCCF)cc2)c2ccc3ccccc3c21.O=S(=O)=O. The number of hydrogen-bond acceptors (Lipinski definition) is 10. The number of carbonyl (C=O) groups excluding carboxylic acids is 4. The number of amides is 3. The Morgan fingerprint density at radius 1 is 0.444 bits per heavy atom. The van der Waals surface area contributed by atoms with E-state index in [0.29, 0.717) is 43.7 Å². The van der Waals surface area contributed by atoms with E-state index in [4.69, 9.17) is 29.8 Å². The zero-order valence-corrected chi connectivity index (χ0v) is 64.0. The third-order valence-corrected chi connectivity index (χ3v) is 21.6. The molecule has 9 aromatic rings. The van der Waals surface area contributed by atoms with Gasteiger partial charge in [-0.2, -0.15) is 9.15 Å². The summed E-state index contributed by atoms with van der Waals surface area (Å²) in [6, 6.07) is 58.5. The van der Waals surface area contributed by atoms with Gasteiger partial charge in [0.2, 0.25) is 23.2 Å². The van der Waals surface area contributed by atoms with Crippen molar-refractivity contribution >= 4 is 111 Å². The molecule has 0 saturated heterocycles. The molecule has 13 rings (SSSR count). The number of Topliss-reactive ketones (excluding diaryl/α,β-unsaturated/α-hetero) is 1. The number of fused-ring (bicyclic) bond motifs is 12. The van der Waals surface area contributed by atoms with E-state index in [2.05, 4.69) is 286 Å². The van der Waals surface area contributed by atoms with Crippen LogP contribution in [0.25, 0.3) is 43.1 Å². The topological polar surface area (TPSA) is 222 Å². The van der Waals surface area contributed by atoms with Crippen LogP contribution in [0.5, 0.6) is 0 Å². The molecule has 7 N–H and O–H groups in total. The Bertz CT molecular complexity index is 5340. The minimum absolute atomic E-state index is 0.118. The molecule has 9 aromatic carbocycles. The third kappa shape index (κ3) is 16.4. The van der Waals surface area contributed by atoms with E-state index in [1.165, 1.54) is 88.1 Å². The van der Waals surface area contributed by atoms with Crippen LogP contribution < -0.4 is 32.3 Å². The molecule has 0 atom stereocenters. The number of alkyl halides is 1. The molecule has 0 aliphatic carbocycles. The highest BCUT2D eigenvalue weighted by Crippen LogP contribution is 2.53. The fourth-order valence-electron chi connectivity index (χ4n) is 16.6. The molecule has 0 bridgehead atoms. The van der Waals surface area contributed by atoms with Crippen LogP contribution in [0.2, 0.25) is 0 Å². The zero-order valence-electron chi connectivity index (χ0n) is 63.2. The summed E-state index contributed by atoms with van der Waals surface area (Å²) in [6.07, 6.45) is 26.2. The monoisotopic (exact) mass is 1470 g/mol. The standard InChI is InChI=1S/C51H53FN4O3.C40H44N4O.O3S/c1-50(2)44(20-6-5-7-21-45-51(3,4)48-40-18-11-9-16-36(40)27-29-42(48)56(45)34-30-46(53)58)55(41-28-26-35-15-8-10-17-39(35)47(41)50)33-13-12-32-54-49(59)38-24-22-37(23-25-38)43(57)19-14-31-52;1-39(2)34(43(26-13-12-25-41)32-22-20-28-14-8-10-16-30(28)37(32)39)18-6-5-7-19-35-40(3,4)38-31-17-11-9-15-29(31)21-23-33(38)44(35)27-24-36(42)45;1-4(2)3/h5-11,15-18,20-29H,12-14,19,30-34H2,1-4H3,(H2-,53,54,58,59);5-11,14-23H,12-13,24-27,41H2,1-4H3,(H-,42,45);/p+2. The molecule has 0 unspecified atom stereocenters. The molecule has 0 aromatic heterocycles. The molecule has 4 heterocycles. The molecule has 0 radical (unpaired) electrons. The molecule has 0 fully saturated rings. The number of primary amides is 2. The van der Waals surface area contributed by atoms with Crippen molar-refractivity contribution in [1.29, 1.82) is 0 Å². The van der Waals surface area contributed by atoms with Crippen LogP contribution in [-0.4, -0.2) is 103 Å². The lowest BCUT2D eigenvalue weighted by Gasteiger charge is -2.26. The van der Waals surface area contributed by atoms with Crippen LogP contribution in [0.15, 0.2) is 242 Å². The number of halogens is 1. The smallest absolute Gasteiger partial charge is 0.370 e. The van der Waals surface area contributed by atoms with Gasteiger partial charge in [0.15, 0.2) is 17.2 Å². The van der Waals surface area contributed by atoms with Crippen molar-refractivity contribution in [3.63, 3.8) is 0 Å². The minimum atomic E-state index is -3.11. The molecular formula is C91H99FN8O7S+2. The van der Waals surface area contributed by atoms with Crippen LogP contribution in [0.3, 0.4) is 0 Å². The number of unbranched alkanes of at least 4 members (excludes halogenated alkanes) is 2. The second-order valence-corrected chi connectivity index (χ2v) is 30.5. The van der Waals surface area contributed by atoms with Gasteiger partial charge in [-0.25, -0.2) is 0 Å². The van der Waals surface area contributed by atoms with E-state index < -0.39 is 17.3 Å². The van der Waals surface area contributed by atoms with Crippen molar-refractivity contribution in [3.05, 3.63) is 275 Å². The van der Waals surface area contributed by atoms with Gasteiger partial charge in [0.05, 0.1) is 17.5 Å². The molecule has 15 nitrogen and oxygen atoms in total. The van der Waals surface area contributed by atoms with Crippen LogP contribution in [0.1, 0.15) is 150 Å². The second kappa shape index (κ2) is 33.8. The van der Waals surface area contributed by atoms with Crippen molar-refractivity contribution in [2.24, 2.45) is 17.2 Å². The van der Waals surface area contributed by atoms with Gasteiger partial charge >= 0.3 is 10.6 Å². The third-order valence-electron chi connectivity index (χ3n) is 21.6. The Labute approximate surface area is 635 Å². The van der Waals surface area contributed by atoms with Crippen molar-refractivity contribution in [2.75, 3.05) is 55.7 Å². The fraction of sp³-hybridized carbons (Fsp3) is 0.297. The van der Waals surface area contributed by atoms with Crippen LogP contribution in [0, 0.1) is 0 Å². The summed E-state index contributed by atoms with van der Waals surface area (Å²) in [5.74, 6) is -0.912. The predicted octanol–water partition coefficient (Wildman–Crippen LogP) is 17.0. The van der Waals surface area contributed by atoms with E-state index in [9.17, 15) is 23.6 Å². The molecule has 0 saturated carbocycles. The average molecular weight is 1470 g/mol. The summed E-state index contributed by atoms with van der Waals surface area (Å²) < 4.78 is 42.8. The van der Waals surface area contributed by atoms with Gasteiger partial charge in [0.25, 0.3) is 5.91 Å². The molecule has 17 heteroatoms. The normalized spacial score (nSPS) is 16.5. The summed E-state index contributed by atoms with van der Waals surface area (Å²) in [5, 5.41) is 13.0. The van der Waals surface area contributed by atoms with Gasteiger partial charge in [0.1, 0.15) is 13.1 Å². The molecule has 0 spiro atoms. The van der Waals surface area contributed by atoms with E-state index >= 15 is 0 Å². The average Bonchev–Trinajstić information content (AvgIpc) is 1.59. The molecule has 4 aliphatic heterocycles. The lowest BCUT2D eigenvalue weighted by Crippen LogP contribution is -2.29. The van der Waals surface area contributed by atoms with Crippen molar-refractivity contribution in [2.45, 2.75) is 128 Å². The summed E-state index contributed by atoms with van der Waals surface area (Å²) in [6.45, 7) is 21.8. The van der Waals surface area contributed by atoms with Gasteiger partial charge < -0.3 is 32.3 Å². The van der Waals surface area contributed by atoms with E-state index in [0.717, 1.165) is 61.5 Å². The summed E-state index contributed by atoms with van der Waals surface area (Å²) in [7, 11) is -3.11. The maximum atomic E-state index is 12.9. The first kappa shape index (κ1) is 78.1. The first-order valence-electron chi connectivity index (χ1n) is 37.4. The van der Waals surface area contributed by atoms with E-state index in [1.807, 2.05) is 0 Å². The highest BCUT2D eigenvalue weighted by atomic mass is 32.2.